The van der Waals surface area contributed by atoms with E-state index in [0.717, 1.165) is 18.5 Å². The molecule has 0 unspecified atom stereocenters. The van der Waals surface area contributed by atoms with Crippen molar-refractivity contribution >= 4 is 15.5 Å². The highest BCUT2D eigenvalue weighted by molar-refractivity contribution is 6.36. The second-order valence-corrected chi connectivity index (χ2v) is 3.86. The lowest BCUT2D eigenvalue weighted by atomic mass is 10.5. The number of ether oxygens (including phenoxy) is 3. The van der Waals surface area contributed by atoms with Gasteiger partial charge in [-0.05, 0) is 6.42 Å². The number of methoxy groups -OCH3 is 2. The molecule has 0 fully saturated rings. The normalized spacial score (nSPS) is 10.2. The van der Waals surface area contributed by atoms with Crippen LogP contribution in [0.5, 0.6) is 0 Å². The lowest BCUT2D eigenvalue weighted by molar-refractivity contribution is -0.137. The Morgan fingerprint density at radius 1 is 1.50 bits per heavy atom. The monoisotopic (exact) mass is 216 g/mol. The molecule has 0 aliphatic heterocycles. The first-order valence-corrected chi connectivity index (χ1v) is 5.61. The lowest BCUT2D eigenvalue weighted by Gasteiger charge is -2.11. The van der Waals surface area contributed by atoms with Gasteiger partial charge in [-0.2, -0.15) is 0 Å². The van der Waals surface area contributed by atoms with E-state index in [9.17, 15) is 4.79 Å². The molecule has 0 aliphatic rings. The molecule has 0 atom stereocenters. The Labute approximate surface area is 87.0 Å². The molecule has 0 saturated heterocycles. The molecule has 0 amide bonds. The topological polar surface area (TPSA) is 44.8 Å². The molecule has 0 N–H and O–H groups in total. The Hall–Kier alpha value is -0.653. The minimum Gasteiger partial charge on any atom is -0.463 e. The maximum Gasteiger partial charge on any atom is 0.330 e. The van der Waals surface area contributed by atoms with Gasteiger partial charge in [0, 0.05) is 20.3 Å². The van der Waals surface area contributed by atoms with E-state index in [4.69, 9.17) is 14.2 Å². The first kappa shape index (κ1) is 13.3. The number of carbonyl (C=O) groups excluding carboxylic acids is 1. The van der Waals surface area contributed by atoms with E-state index >= 15 is 0 Å². The van der Waals surface area contributed by atoms with Crippen molar-refractivity contribution in [1.29, 1.82) is 0 Å². The predicted molar refractivity (Wildman–Crippen MR) is 54.1 cm³/mol. The van der Waals surface area contributed by atoms with Crippen LogP contribution >= 0.6 is 0 Å². The molecular weight excluding hydrogens is 200 g/mol. The van der Waals surface area contributed by atoms with Crippen molar-refractivity contribution in [2.45, 2.75) is 18.4 Å². The molecule has 14 heavy (non-hydrogen) atoms. The third-order valence-electron chi connectivity index (χ3n) is 1.47. The van der Waals surface area contributed by atoms with Crippen LogP contribution in [0.3, 0.4) is 0 Å². The van der Waals surface area contributed by atoms with Gasteiger partial charge in [-0.3, -0.25) is 0 Å². The summed E-state index contributed by atoms with van der Waals surface area (Å²) in [4.78, 5) is 10.6. The van der Waals surface area contributed by atoms with E-state index in [1.54, 1.807) is 14.2 Å². The van der Waals surface area contributed by atoms with Crippen molar-refractivity contribution in [3.8, 4) is 0 Å². The Balaban J connectivity index is 3.28. The first-order valence-electron chi connectivity index (χ1n) is 4.32. The van der Waals surface area contributed by atoms with E-state index < -0.39 is 0 Å². The van der Waals surface area contributed by atoms with Crippen LogP contribution in [0.2, 0.25) is 6.04 Å². The Bertz CT molecular complexity index is 168. The molecule has 80 valence electrons. The fourth-order valence-corrected chi connectivity index (χ4v) is 1.70. The highest BCUT2D eigenvalue weighted by Gasteiger charge is 2.05. The van der Waals surface area contributed by atoms with Crippen LogP contribution in [0.25, 0.3) is 0 Å². The van der Waals surface area contributed by atoms with Crippen LogP contribution in [0, 0.1) is 0 Å². The molecule has 0 bridgehead atoms. The first-order chi connectivity index (χ1) is 6.74. The average molecular weight is 216 g/mol. The van der Waals surface area contributed by atoms with Crippen LogP contribution < -0.4 is 0 Å². The molecule has 0 aromatic carbocycles. The molecule has 0 heterocycles. The van der Waals surface area contributed by atoms with E-state index in [1.165, 1.54) is 0 Å². The zero-order chi connectivity index (χ0) is 10.8. The summed E-state index contributed by atoms with van der Waals surface area (Å²) in [5, 5.41) is 0. The zero-order valence-corrected chi connectivity index (χ0v) is 9.62. The molecule has 0 aromatic rings. The zero-order valence-electron chi connectivity index (χ0n) is 8.62. The fourth-order valence-electron chi connectivity index (χ4n) is 0.787. The van der Waals surface area contributed by atoms with Crippen LogP contribution in [-0.4, -0.2) is 42.2 Å². The Morgan fingerprint density at radius 3 is 2.64 bits per heavy atom. The largest absolute Gasteiger partial charge is 0.463 e. The number of rotatable bonds is 8. The summed E-state index contributed by atoms with van der Waals surface area (Å²) in [5.74, 6) is -0.506. The second kappa shape index (κ2) is 8.92. The van der Waals surface area contributed by atoms with Crippen LogP contribution in [0.15, 0.2) is 12.7 Å². The van der Waals surface area contributed by atoms with Gasteiger partial charge in [0.15, 0.2) is 0 Å². The third-order valence-corrected chi connectivity index (χ3v) is 2.92. The van der Waals surface area contributed by atoms with Gasteiger partial charge in [0.1, 0.15) is 15.4 Å². The van der Waals surface area contributed by atoms with Crippen LogP contribution in [0.1, 0.15) is 6.42 Å². The molecule has 0 aliphatic carbocycles. The predicted octanol–water partition coefficient (Wildman–Crippen LogP) is 0.805. The number of hydrogen-bond acceptors (Lipinski definition) is 4. The maximum absolute atomic E-state index is 10.6. The van der Waals surface area contributed by atoms with Crippen molar-refractivity contribution in [3.05, 3.63) is 12.7 Å². The highest BCUT2D eigenvalue weighted by atomic mass is 28.2. The van der Waals surface area contributed by atoms with Gasteiger partial charge >= 0.3 is 5.97 Å². The second-order valence-electron chi connectivity index (χ2n) is 2.48. The summed E-state index contributed by atoms with van der Waals surface area (Å²) >= 11 is 0. The van der Waals surface area contributed by atoms with E-state index in [0.29, 0.717) is 16.1 Å². The van der Waals surface area contributed by atoms with Crippen molar-refractivity contribution in [1.82, 2.24) is 0 Å². The van der Waals surface area contributed by atoms with Gasteiger partial charge in [-0.1, -0.05) is 12.6 Å². The van der Waals surface area contributed by atoms with Crippen molar-refractivity contribution in [2.24, 2.45) is 0 Å². The molecule has 0 saturated carbocycles. The molecule has 0 spiro atoms. The molecule has 4 nitrogen and oxygen atoms in total. The summed E-state index contributed by atoms with van der Waals surface area (Å²) in [7, 11) is 3.79. The van der Waals surface area contributed by atoms with Crippen molar-refractivity contribution in [2.75, 3.05) is 20.8 Å². The summed E-state index contributed by atoms with van der Waals surface area (Å²) in [6.45, 7) is 3.73. The summed E-state index contributed by atoms with van der Waals surface area (Å²) in [6, 6.07) is 0.927. The lowest BCUT2D eigenvalue weighted by Crippen LogP contribution is -2.21. The number of hydrogen-bond donors (Lipinski definition) is 0. The van der Waals surface area contributed by atoms with Crippen molar-refractivity contribution < 1.29 is 19.0 Å². The van der Waals surface area contributed by atoms with Gasteiger partial charge < -0.3 is 14.2 Å². The minimum atomic E-state index is -0.372. The van der Waals surface area contributed by atoms with Gasteiger partial charge in [0.05, 0.1) is 6.61 Å². The Morgan fingerprint density at radius 2 is 2.14 bits per heavy atom. The number of carbonyl (C=O) groups is 1. The fraction of sp³-hybridized carbons (Fsp3) is 0.667. The highest BCUT2D eigenvalue weighted by Crippen LogP contribution is 1.97. The van der Waals surface area contributed by atoms with Gasteiger partial charge in [0.2, 0.25) is 0 Å². The standard InChI is InChI=1S/C9H16O4Si/c1-4-8(10)13-6-5-7-14-9(11-2)12-3/h4,9H,1,5-7H2,2-3H3. The van der Waals surface area contributed by atoms with Crippen LogP contribution in [0.4, 0.5) is 0 Å². The van der Waals surface area contributed by atoms with E-state index in [-0.39, 0.29) is 11.9 Å². The van der Waals surface area contributed by atoms with E-state index in [1.807, 2.05) is 0 Å². The van der Waals surface area contributed by atoms with E-state index in [2.05, 4.69) is 6.58 Å². The summed E-state index contributed by atoms with van der Waals surface area (Å²) in [5.41, 5.74) is 0. The quantitative estimate of drug-likeness (QED) is 0.198. The smallest absolute Gasteiger partial charge is 0.330 e. The molecule has 2 radical (unpaired) electrons. The van der Waals surface area contributed by atoms with Crippen LogP contribution in [-0.2, 0) is 19.0 Å². The molecular formula is C9H16O4Si. The average Bonchev–Trinajstić information content (AvgIpc) is 2.23. The maximum atomic E-state index is 10.6. The molecule has 5 heteroatoms. The summed E-state index contributed by atoms with van der Waals surface area (Å²) < 4.78 is 14.8. The van der Waals surface area contributed by atoms with Crippen molar-refractivity contribution in [3.63, 3.8) is 0 Å². The van der Waals surface area contributed by atoms with Gasteiger partial charge in [-0.25, -0.2) is 4.79 Å². The number of esters is 1. The summed E-state index contributed by atoms with van der Waals surface area (Å²) in [6.07, 6.45) is 1.98. The van der Waals surface area contributed by atoms with Gasteiger partial charge in [0.25, 0.3) is 0 Å². The van der Waals surface area contributed by atoms with Gasteiger partial charge in [-0.15, -0.1) is 0 Å². The molecule has 0 aromatic heterocycles. The Kier molecular flexibility index (Phi) is 8.51. The minimum absolute atomic E-state index is 0.134. The SMILES string of the molecule is C=CC(=O)OCCC[Si]C(OC)OC. The third kappa shape index (κ3) is 6.82. The molecule has 0 rings (SSSR count).